The van der Waals surface area contributed by atoms with E-state index in [1.54, 1.807) is 0 Å². The van der Waals surface area contributed by atoms with Gasteiger partial charge in [0.1, 0.15) is 5.82 Å². The van der Waals surface area contributed by atoms with Crippen LogP contribution in [-0.2, 0) is 11.2 Å². The van der Waals surface area contributed by atoms with Crippen molar-refractivity contribution in [3.05, 3.63) is 47.9 Å². The molecule has 92 valence electrons. The fourth-order valence-electron chi connectivity index (χ4n) is 1.72. The molecule has 0 aliphatic carbocycles. The third-order valence-corrected chi connectivity index (χ3v) is 2.53. The average Bonchev–Trinajstić information content (AvgIpc) is 2.37. The minimum Gasteiger partial charge on any atom is -0.481 e. The Morgan fingerprint density at radius 1 is 1.22 bits per heavy atom. The Labute approximate surface area is 105 Å². The predicted octanol–water partition coefficient (Wildman–Crippen LogP) is 2.47. The lowest BCUT2D eigenvalue weighted by molar-refractivity contribution is -0.137. The third-order valence-electron chi connectivity index (χ3n) is 2.53. The van der Waals surface area contributed by atoms with Crippen molar-refractivity contribution in [1.29, 1.82) is 0 Å². The van der Waals surface area contributed by atoms with Crippen LogP contribution in [0.5, 0.6) is 0 Å². The van der Waals surface area contributed by atoms with E-state index >= 15 is 0 Å². The summed E-state index contributed by atoms with van der Waals surface area (Å²) in [5.74, 6) is -0.252. The molecule has 0 aliphatic heterocycles. The molecule has 1 aromatic carbocycles. The highest BCUT2D eigenvalue weighted by Gasteiger charge is 2.06. The Bertz CT molecular complexity index is 553. The van der Waals surface area contributed by atoms with Crippen molar-refractivity contribution in [2.24, 2.45) is 0 Å². The third kappa shape index (κ3) is 3.13. The highest BCUT2D eigenvalue weighted by Crippen LogP contribution is 2.17. The molecule has 1 N–H and O–H groups in total. The Morgan fingerprint density at radius 2 is 1.94 bits per heavy atom. The summed E-state index contributed by atoms with van der Waals surface area (Å²) >= 11 is 0. The van der Waals surface area contributed by atoms with E-state index in [2.05, 4.69) is 9.97 Å². The average molecular weight is 242 g/mol. The van der Waals surface area contributed by atoms with Crippen LogP contribution in [0, 0.1) is 6.92 Å². The molecule has 0 aliphatic rings. The predicted molar refractivity (Wildman–Crippen MR) is 68.2 cm³/mol. The number of hydrogen-bond acceptors (Lipinski definition) is 3. The zero-order valence-corrected chi connectivity index (χ0v) is 10.1. The van der Waals surface area contributed by atoms with Crippen molar-refractivity contribution in [2.45, 2.75) is 19.8 Å². The number of nitrogens with zero attached hydrogens (tertiary/aromatic N) is 2. The van der Waals surface area contributed by atoms with Crippen molar-refractivity contribution in [3.63, 3.8) is 0 Å². The highest BCUT2D eigenvalue weighted by molar-refractivity contribution is 5.67. The van der Waals surface area contributed by atoms with Gasteiger partial charge in [-0.2, -0.15) is 0 Å². The summed E-state index contributed by atoms with van der Waals surface area (Å²) in [7, 11) is 0. The Balaban J connectivity index is 2.29. The summed E-state index contributed by atoms with van der Waals surface area (Å²) in [5, 5.41) is 8.67. The molecule has 0 saturated carbocycles. The molecule has 0 saturated heterocycles. The standard InChI is InChI=1S/C14H14N2O2/c1-10-9-12(11-5-3-2-4-6-11)16-13(15-10)7-8-14(17)18/h2-6,9H,7-8H2,1H3,(H,17,18). The summed E-state index contributed by atoms with van der Waals surface area (Å²) in [6, 6.07) is 11.7. The molecule has 2 aromatic rings. The molecular weight excluding hydrogens is 228 g/mol. The number of aryl methyl sites for hydroxylation is 2. The van der Waals surface area contributed by atoms with E-state index in [4.69, 9.17) is 5.11 Å². The zero-order valence-electron chi connectivity index (χ0n) is 10.1. The normalized spacial score (nSPS) is 10.3. The topological polar surface area (TPSA) is 63.1 Å². The zero-order chi connectivity index (χ0) is 13.0. The molecule has 1 heterocycles. The van der Waals surface area contributed by atoms with Gasteiger partial charge >= 0.3 is 5.97 Å². The summed E-state index contributed by atoms with van der Waals surface area (Å²) in [6.45, 7) is 1.89. The van der Waals surface area contributed by atoms with Gasteiger partial charge in [0.25, 0.3) is 0 Å². The lowest BCUT2D eigenvalue weighted by Gasteiger charge is -2.05. The van der Waals surface area contributed by atoms with Crippen molar-refractivity contribution in [3.8, 4) is 11.3 Å². The number of rotatable bonds is 4. The van der Waals surface area contributed by atoms with Crippen molar-refractivity contribution in [1.82, 2.24) is 9.97 Å². The van der Waals surface area contributed by atoms with Gasteiger partial charge in [0.05, 0.1) is 12.1 Å². The van der Waals surface area contributed by atoms with Crippen LogP contribution >= 0.6 is 0 Å². The molecule has 1 aromatic heterocycles. The van der Waals surface area contributed by atoms with E-state index in [0.29, 0.717) is 12.2 Å². The second kappa shape index (κ2) is 5.40. The molecular formula is C14H14N2O2. The number of benzene rings is 1. The molecule has 0 spiro atoms. The van der Waals surface area contributed by atoms with E-state index in [9.17, 15) is 4.79 Å². The largest absolute Gasteiger partial charge is 0.481 e. The first kappa shape index (κ1) is 12.2. The monoisotopic (exact) mass is 242 g/mol. The maximum atomic E-state index is 10.6. The Kier molecular flexibility index (Phi) is 3.67. The van der Waals surface area contributed by atoms with E-state index in [1.807, 2.05) is 43.3 Å². The quantitative estimate of drug-likeness (QED) is 0.894. The van der Waals surface area contributed by atoms with Gasteiger partial charge in [0, 0.05) is 17.7 Å². The second-order valence-corrected chi connectivity index (χ2v) is 4.07. The van der Waals surface area contributed by atoms with Gasteiger partial charge in [0.15, 0.2) is 0 Å². The van der Waals surface area contributed by atoms with Gasteiger partial charge in [-0.3, -0.25) is 4.79 Å². The summed E-state index contributed by atoms with van der Waals surface area (Å²) in [6.07, 6.45) is 0.411. The number of carboxylic acids is 1. The molecule has 18 heavy (non-hydrogen) atoms. The van der Waals surface area contributed by atoms with Crippen LogP contribution in [0.1, 0.15) is 17.9 Å². The van der Waals surface area contributed by atoms with Gasteiger partial charge in [-0.25, -0.2) is 9.97 Å². The molecule has 2 rings (SSSR count). The molecule has 0 fully saturated rings. The SMILES string of the molecule is Cc1cc(-c2ccccc2)nc(CCC(=O)O)n1. The minimum atomic E-state index is -0.832. The Morgan fingerprint density at radius 3 is 2.61 bits per heavy atom. The van der Waals surface area contributed by atoms with E-state index < -0.39 is 5.97 Å². The van der Waals surface area contributed by atoms with Crippen LogP contribution in [0.15, 0.2) is 36.4 Å². The first-order chi connectivity index (χ1) is 8.65. The maximum Gasteiger partial charge on any atom is 0.303 e. The first-order valence-electron chi connectivity index (χ1n) is 5.77. The molecule has 0 bridgehead atoms. The molecule has 0 radical (unpaired) electrons. The fourth-order valence-corrected chi connectivity index (χ4v) is 1.72. The number of aliphatic carboxylic acids is 1. The lowest BCUT2D eigenvalue weighted by Crippen LogP contribution is -2.03. The van der Waals surface area contributed by atoms with Gasteiger partial charge in [-0.1, -0.05) is 30.3 Å². The second-order valence-electron chi connectivity index (χ2n) is 4.07. The van der Waals surface area contributed by atoms with Gasteiger partial charge in [-0.15, -0.1) is 0 Å². The number of carbonyl (C=O) groups is 1. The van der Waals surface area contributed by atoms with Crippen LogP contribution in [0.3, 0.4) is 0 Å². The van der Waals surface area contributed by atoms with E-state index in [1.165, 1.54) is 0 Å². The van der Waals surface area contributed by atoms with Crippen molar-refractivity contribution < 1.29 is 9.90 Å². The first-order valence-corrected chi connectivity index (χ1v) is 5.77. The lowest BCUT2D eigenvalue weighted by atomic mass is 10.1. The number of hydrogen-bond donors (Lipinski definition) is 1. The molecule has 4 nitrogen and oxygen atoms in total. The van der Waals surface area contributed by atoms with Crippen molar-refractivity contribution in [2.75, 3.05) is 0 Å². The number of carboxylic acid groups (broad SMARTS) is 1. The van der Waals surface area contributed by atoms with Crippen LogP contribution in [-0.4, -0.2) is 21.0 Å². The highest BCUT2D eigenvalue weighted by atomic mass is 16.4. The minimum absolute atomic E-state index is 0.0533. The van der Waals surface area contributed by atoms with Crippen LogP contribution < -0.4 is 0 Å². The molecule has 0 amide bonds. The Hall–Kier alpha value is -2.23. The van der Waals surface area contributed by atoms with Gasteiger partial charge in [-0.05, 0) is 13.0 Å². The van der Waals surface area contributed by atoms with E-state index in [-0.39, 0.29) is 6.42 Å². The molecule has 0 unspecified atom stereocenters. The fraction of sp³-hybridized carbons (Fsp3) is 0.214. The summed E-state index contributed by atoms with van der Waals surface area (Å²) in [5.41, 5.74) is 2.70. The summed E-state index contributed by atoms with van der Waals surface area (Å²) in [4.78, 5) is 19.2. The smallest absolute Gasteiger partial charge is 0.303 e. The van der Waals surface area contributed by atoms with Gasteiger partial charge in [0.2, 0.25) is 0 Å². The van der Waals surface area contributed by atoms with Crippen LogP contribution in [0.4, 0.5) is 0 Å². The van der Waals surface area contributed by atoms with Crippen LogP contribution in [0.25, 0.3) is 11.3 Å². The molecule has 4 heteroatoms. The number of aromatic nitrogens is 2. The van der Waals surface area contributed by atoms with E-state index in [0.717, 1.165) is 17.0 Å². The van der Waals surface area contributed by atoms with Gasteiger partial charge < -0.3 is 5.11 Å². The summed E-state index contributed by atoms with van der Waals surface area (Å²) < 4.78 is 0. The molecule has 0 atom stereocenters. The van der Waals surface area contributed by atoms with Crippen LogP contribution in [0.2, 0.25) is 0 Å². The maximum absolute atomic E-state index is 10.6. The van der Waals surface area contributed by atoms with Crippen molar-refractivity contribution >= 4 is 5.97 Å².